The molecule has 0 bridgehead atoms. The van der Waals surface area contributed by atoms with Gasteiger partial charge in [0.25, 0.3) is 0 Å². The molecule has 0 spiro atoms. The summed E-state index contributed by atoms with van der Waals surface area (Å²) in [6.07, 6.45) is 1.65. The normalized spacial score (nSPS) is 15.6. The van der Waals surface area contributed by atoms with E-state index in [1.807, 2.05) is 20.8 Å². The van der Waals surface area contributed by atoms with Gasteiger partial charge >= 0.3 is 5.69 Å². The van der Waals surface area contributed by atoms with Crippen LogP contribution in [-0.2, 0) is 0 Å². The number of hydrogen-bond acceptors (Lipinski definition) is 3. The van der Waals surface area contributed by atoms with E-state index in [-0.39, 0.29) is 17.8 Å². The first-order valence-corrected chi connectivity index (χ1v) is 5.32. The van der Waals surface area contributed by atoms with Crippen molar-refractivity contribution in [1.82, 2.24) is 14.3 Å². The summed E-state index contributed by atoms with van der Waals surface area (Å²) < 4.78 is 2.93. The third kappa shape index (κ3) is 2.28. The number of aromatic nitrogens is 3. The van der Waals surface area contributed by atoms with Crippen molar-refractivity contribution < 1.29 is 5.11 Å². The fraction of sp³-hybridized carbons (Fsp3) is 0.800. The maximum Gasteiger partial charge on any atom is 0.346 e. The van der Waals surface area contributed by atoms with E-state index < -0.39 is 6.10 Å². The molecule has 0 aliphatic carbocycles. The van der Waals surface area contributed by atoms with Gasteiger partial charge in [-0.1, -0.05) is 6.92 Å². The molecule has 1 N–H and O–H groups in total. The van der Waals surface area contributed by atoms with Crippen molar-refractivity contribution in [3.05, 3.63) is 16.8 Å². The second-order valence-electron chi connectivity index (χ2n) is 4.08. The van der Waals surface area contributed by atoms with Gasteiger partial charge in [-0.25, -0.2) is 9.48 Å². The van der Waals surface area contributed by atoms with E-state index in [0.29, 0.717) is 6.42 Å². The average Bonchev–Trinajstić information content (AvgIpc) is 2.49. The van der Waals surface area contributed by atoms with Crippen LogP contribution in [0, 0.1) is 0 Å². The molecule has 0 aromatic carbocycles. The summed E-state index contributed by atoms with van der Waals surface area (Å²) in [5.41, 5.74) is -0.155. The number of nitrogens with zero attached hydrogens (tertiary/aromatic N) is 3. The molecular formula is C10H19N3O2. The molecule has 5 nitrogen and oxygen atoms in total. The van der Waals surface area contributed by atoms with Crippen LogP contribution in [-0.4, -0.2) is 25.6 Å². The van der Waals surface area contributed by atoms with Gasteiger partial charge < -0.3 is 5.11 Å². The molecule has 1 aromatic rings. The third-order valence-electron chi connectivity index (χ3n) is 2.56. The molecule has 1 aromatic heterocycles. The second kappa shape index (κ2) is 4.61. The molecule has 1 rings (SSSR count). The lowest BCUT2D eigenvalue weighted by Gasteiger charge is -2.17. The molecular weight excluding hydrogens is 194 g/mol. The van der Waals surface area contributed by atoms with Crippen LogP contribution in [0.4, 0.5) is 0 Å². The van der Waals surface area contributed by atoms with E-state index in [0.717, 1.165) is 0 Å². The van der Waals surface area contributed by atoms with Gasteiger partial charge in [-0.05, 0) is 27.2 Å². The van der Waals surface area contributed by atoms with Crippen LogP contribution in [0.15, 0.2) is 11.1 Å². The smallest absolute Gasteiger partial charge is 0.346 e. The van der Waals surface area contributed by atoms with Crippen LogP contribution in [0.3, 0.4) is 0 Å². The fourth-order valence-electron chi connectivity index (χ4n) is 1.63. The predicted molar refractivity (Wildman–Crippen MR) is 57.9 cm³/mol. The topological polar surface area (TPSA) is 60.0 Å². The summed E-state index contributed by atoms with van der Waals surface area (Å²) in [6.45, 7) is 7.46. The van der Waals surface area contributed by atoms with Gasteiger partial charge in [0.1, 0.15) is 6.33 Å². The summed E-state index contributed by atoms with van der Waals surface area (Å²) in [5, 5.41) is 13.6. The number of aliphatic hydroxyl groups is 1. The predicted octanol–water partition coefficient (Wildman–Crippen LogP) is 0.958. The van der Waals surface area contributed by atoms with Crippen molar-refractivity contribution in [2.45, 2.75) is 52.3 Å². The van der Waals surface area contributed by atoms with E-state index in [1.165, 1.54) is 11.0 Å². The van der Waals surface area contributed by atoms with Crippen LogP contribution in [0.1, 0.15) is 46.2 Å². The third-order valence-corrected chi connectivity index (χ3v) is 2.56. The highest BCUT2D eigenvalue weighted by atomic mass is 16.3. The van der Waals surface area contributed by atoms with Gasteiger partial charge in [0.15, 0.2) is 0 Å². The maximum atomic E-state index is 11.9. The van der Waals surface area contributed by atoms with Gasteiger partial charge in [0.05, 0.1) is 12.1 Å². The van der Waals surface area contributed by atoms with Gasteiger partial charge in [-0.15, -0.1) is 0 Å². The lowest BCUT2D eigenvalue weighted by atomic mass is 10.1. The molecule has 0 fully saturated rings. The highest BCUT2D eigenvalue weighted by Crippen LogP contribution is 2.12. The summed E-state index contributed by atoms with van der Waals surface area (Å²) in [6, 6.07) is -0.143. The van der Waals surface area contributed by atoms with Crippen molar-refractivity contribution in [2.75, 3.05) is 0 Å². The Balaban J connectivity index is 3.10. The molecule has 0 amide bonds. The molecule has 2 atom stereocenters. The minimum absolute atomic E-state index is 0.0951. The first kappa shape index (κ1) is 12.0. The molecule has 0 saturated carbocycles. The zero-order chi connectivity index (χ0) is 11.6. The van der Waals surface area contributed by atoms with E-state index in [1.54, 1.807) is 11.5 Å². The Labute approximate surface area is 89.3 Å². The monoisotopic (exact) mass is 213 g/mol. The van der Waals surface area contributed by atoms with E-state index >= 15 is 0 Å². The molecule has 0 radical (unpaired) electrons. The molecule has 0 unspecified atom stereocenters. The SMILES string of the molecule is CC[C@H]([C@H](C)O)n1ncn(C(C)C)c1=O. The van der Waals surface area contributed by atoms with Gasteiger partial charge in [-0.3, -0.25) is 4.57 Å². The fourth-order valence-corrected chi connectivity index (χ4v) is 1.63. The summed E-state index contributed by atoms with van der Waals surface area (Å²) in [4.78, 5) is 11.9. The Morgan fingerprint density at radius 2 is 2.07 bits per heavy atom. The summed E-state index contributed by atoms with van der Waals surface area (Å²) >= 11 is 0. The Bertz CT molecular complexity index is 365. The highest BCUT2D eigenvalue weighted by Gasteiger charge is 2.19. The molecule has 1 heterocycles. The zero-order valence-electron chi connectivity index (χ0n) is 9.71. The number of aliphatic hydroxyl groups excluding tert-OH is 1. The Hall–Kier alpha value is -1.10. The van der Waals surface area contributed by atoms with Crippen LogP contribution in [0.2, 0.25) is 0 Å². The lowest BCUT2D eigenvalue weighted by Crippen LogP contribution is -2.33. The minimum Gasteiger partial charge on any atom is -0.391 e. The van der Waals surface area contributed by atoms with Crippen LogP contribution >= 0.6 is 0 Å². The van der Waals surface area contributed by atoms with Crippen molar-refractivity contribution in [1.29, 1.82) is 0 Å². The lowest BCUT2D eigenvalue weighted by molar-refractivity contribution is 0.118. The molecule has 5 heteroatoms. The van der Waals surface area contributed by atoms with Crippen molar-refractivity contribution in [2.24, 2.45) is 0 Å². The Kier molecular flexibility index (Phi) is 3.68. The van der Waals surface area contributed by atoms with E-state index in [2.05, 4.69) is 5.10 Å². The van der Waals surface area contributed by atoms with E-state index in [9.17, 15) is 9.90 Å². The first-order valence-electron chi connectivity index (χ1n) is 5.32. The Morgan fingerprint density at radius 3 is 2.40 bits per heavy atom. The average molecular weight is 213 g/mol. The first-order chi connectivity index (χ1) is 6.99. The van der Waals surface area contributed by atoms with Gasteiger partial charge in [0.2, 0.25) is 0 Å². The van der Waals surface area contributed by atoms with Crippen LogP contribution in [0.25, 0.3) is 0 Å². The molecule has 0 saturated heterocycles. The van der Waals surface area contributed by atoms with Crippen LogP contribution < -0.4 is 5.69 Å². The zero-order valence-corrected chi connectivity index (χ0v) is 9.71. The quantitative estimate of drug-likeness (QED) is 0.810. The van der Waals surface area contributed by atoms with E-state index in [4.69, 9.17) is 0 Å². The molecule has 15 heavy (non-hydrogen) atoms. The van der Waals surface area contributed by atoms with Crippen molar-refractivity contribution in [3.63, 3.8) is 0 Å². The standard InChI is InChI=1S/C10H19N3O2/c1-5-9(8(4)14)13-10(15)12(6-11-13)7(2)3/h6-9,14H,5H2,1-4H3/t8-,9+/m0/s1. The highest BCUT2D eigenvalue weighted by molar-refractivity contribution is 4.78. The second-order valence-corrected chi connectivity index (χ2v) is 4.08. The van der Waals surface area contributed by atoms with Gasteiger partial charge in [-0.2, -0.15) is 5.10 Å². The van der Waals surface area contributed by atoms with Gasteiger partial charge in [0, 0.05) is 6.04 Å². The largest absolute Gasteiger partial charge is 0.391 e. The van der Waals surface area contributed by atoms with Crippen LogP contribution in [0.5, 0.6) is 0 Å². The maximum absolute atomic E-state index is 11.9. The molecule has 0 aliphatic rings. The van der Waals surface area contributed by atoms with Crippen molar-refractivity contribution >= 4 is 0 Å². The molecule has 86 valence electrons. The summed E-state index contributed by atoms with van der Waals surface area (Å²) in [5.74, 6) is 0. The van der Waals surface area contributed by atoms with Crippen molar-refractivity contribution in [3.8, 4) is 0 Å². The number of rotatable bonds is 4. The Morgan fingerprint density at radius 1 is 1.47 bits per heavy atom. The number of hydrogen-bond donors (Lipinski definition) is 1. The summed E-state index contributed by atoms with van der Waals surface area (Å²) in [7, 11) is 0. The minimum atomic E-state index is -0.566. The molecule has 0 aliphatic heterocycles.